The Kier molecular flexibility index (Phi) is 7.03. The summed E-state index contributed by atoms with van der Waals surface area (Å²) in [4.78, 5) is 38.0. The molecule has 0 saturated carbocycles. The minimum atomic E-state index is -4.50. The number of likely N-dealkylation sites (tertiary alicyclic amines) is 1. The number of hydrogen-bond donors (Lipinski definition) is 2. The van der Waals surface area contributed by atoms with Gasteiger partial charge in [0.25, 0.3) is 0 Å². The predicted molar refractivity (Wildman–Crippen MR) is 108 cm³/mol. The van der Waals surface area contributed by atoms with Crippen molar-refractivity contribution in [3.05, 3.63) is 41.5 Å². The largest absolute Gasteiger partial charge is 0.444 e. The van der Waals surface area contributed by atoms with Gasteiger partial charge in [-0.1, -0.05) is 12.1 Å². The fraction of sp³-hybridized carbons (Fsp3) is 0.476. The lowest BCUT2D eigenvalue weighted by atomic mass is 9.86. The quantitative estimate of drug-likeness (QED) is 0.701. The molecule has 31 heavy (non-hydrogen) atoms. The van der Waals surface area contributed by atoms with Crippen LogP contribution in [0.5, 0.6) is 0 Å². The van der Waals surface area contributed by atoms with E-state index >= 15 is 0 Å². The molecule has 1 aliphatic heterocycles. The summed E-state index contributed by atoms with van der Waals surface area (Å²) in [6.07, 6.45) is -2.59. The van der Waals surface area contributed by atoms with Crippen LogP contribution in [-0.4, -0.2) is 47.0 Å². The number of amides is 3. The van der Waals surface area contributed by atoms with Crippen molar-refractivity contribution in [1.29, 1.82) is 0 Å². The van der Waals surface area contributed by atoms with Gasteiger partial charge in [-0.2, -0.15) is 13.2 Å². The Labute approximate surface area is 178 Å². The van der Waals surface area contributed by atoms with Gasteiger partial charge in [0.1, 0.15) is 11.1 Å². The van der Waals surface area contributed by atoms with Crippen LogP contribution in [0.2, 0.25) is 0 Å². The van der Waals surface area contributed by atoms with Crippen LogP contribution in [0.3, 0.4) is 0 Å². The first-order valence-electron chi connectivity index (χ1n) is 9.67. The van der Waals surface area contributed by atoms with E-state index in [9.17, 15) is 27.6 Å². The average Bonchev–Trinajstić information content (AvgIpc) is 2.65. The van der Waals surface area contributed by atoms with Crippen molar-refractivity contribution in [2.45, 2.75) is 50.9 Å². The molecule has 1 aliphatic rings. The van der Waals surface area contributed by atoms with Gasteiger partial charge >= 0.3 is 12.3 Å². The van der Waals surface area contributed by atoms with Gasteiger partial charge in [0.05, 0.1) is 5.56 Å². The van der Waals surface area contributed by atoms with Crippen molar-refractivity contribution >= 4 is 24.0 Å². The SMILES string of the molecule is CC(C)(C)OC(=O)N1CCC(NC(=O)C=Cc2cccc(C(F)(F)F)c2)(C(N)=O)CC1. The molecule has 1 saturated heterocycles. The number of ether oxygens (including phenoxy) is 1. The number of piperidine rings is 1. The second-order valence-corrected chi connectivity index (χ2v) is 8.36. The Morgan fingerprint density at radius 1 is 1.16 bits per heavy atom. The number of halogens is 3. The fourth-order valence-electron chi connectivity index (χ4n) is 3.10. The van der Waals surface area contributed by atoms with Crippen LogP contribution in [0.25, 0.3) is 6.08 Å². The Hall–Kier alpha value is -3.04. The van der Waals surface area contributed by atoms with Gasteiger partial charge in [-0.15, -0.1) is 0 Å². The second kappa shape index (κ2) is 8.99. The lowest BCUT2D eigenvalue weighted by Crippen LogP contribution is -2.62. The summed E-state index contributed by atoms with van der Waals surface area (Å²) >= 11 is 0. The van der Waals surface area contributed by atoms with Crippen LogP contribution in [0, 0.1) is 0 Å². The number of nitrogens with one attached hydrogen (secondary N) is 1. The fourth-order valence-corrected chi connectivity index (χ4v) is 3.10. The summed E-state index contributed by atoms with van der Waals surface area (Å²) in [7, 11) is 0. The molecule has 7 nitrogen and oxygen atoms in total. The van der Waals surface area contributed by atoms with Crippen molar-refractivity contribution in [3.8, 4) is 0 Å². The molecular formula is C21H26F3N3O4. The molecule has 0 aromatic heterocycles. The van der Waals surface area contributed by atoms with Gasteiger partial charge in [-0.25, -0.2) is 4.79 Å². The van der Waals surface area contributed by atoms with Crippen LogP contribution < -0.4 is 11.1 Å². The van der Waals surface area contributed by atoms with Crippen molar-refractivity contribution in [2.24, 2.45) is 5.73 Å². The summed E-state index contributed by atoms with van der Waals surface area (Å²) in [5.74, 6) is -1.43. The molecule has 10 heteroatoms. The number of rotatable bonds is 4. The van der Waals surface area contributed by atoms with E-state index in [1.165, 1.54) is 23.1 Å². The Balaban J connectivity index is 2.04. The van der Waals surface area contributed by atoms with Crippen LogP contribution >= 0.6 is 0 Å². The first-order chi connectivity index (χ1) is 14.2. The van der Waals surface area contributed by atoms with E-state index in [1.54, 1.807) is 20.8 Å². The average molecular weight is 441 g/mol. The molecule has 0 aliphatic carbocycles. The highest BCUT2D eigenvalue weighted by Gasteiger charge is 2.42. The highest BCUT2D eigenvalue weighted by Crippen LogP contribution is 2.30. The van der Waals surface area contributed by atoms with E-state index in [-0.39, 0.29) is 31.5 Å². The molecule has 0 atom stereocenters. The lowest BCUT2D eigenvalue weighted by Gasteiger charge is -2.40. The normalized spacial score (nSPS) is 16.8. The zero-order valence-corrected chi connectivity index (χ0v) is 17.6. The second-order valence-electron chi connectivity index (χ2n) is 8.36. The van der Waals surface area contributed by atoms with E-state index in [0.717, 1.165) is 18.2 Å². The highest BCUT2D eigenvalue weighted by molar-refractivity contribution is 5.97. The number of hydrogen-bond acceptors (Lipinski definition) is 4. The number of benzene rings is 1. The number of carbonyl (C=O) groups excluding carboxylic acids is 3. The molecule has 1 aromatic rings. The molecule has 0 radical (unpaired) electrons. The Morgan fingerprint density at radius 3 is 2.29 bits per heavy atom. The number of nitrogens with zero attached hydrogens (tertiary/aromatic N) is 1. The summed E-state index contributed by atoms with van der Waals surface area (Å²) in [5.41, 5.74) is 2.82. The monoisotopic (exact) mass is 441 g/mol. The van der Waals surface area contributed by atoms with E-state index in [0.29, 0.717) is 0 Å². The molecule has 170 valence electrons. The number of nitrogens with two attached hydrogens (primary N) is 1. The number of primary amides is 1. The molecule has 1 aromatic carbocycles. The number of carbonyl (C=O) groups is 3. The maximum Gasteiger partial charge on any atom is 0.416 e. The molecule has 1 heterocycles. The van der Waals surface area contributed by atoms with Crippen LogP contribution in [-0.2, 0) is 20.5 Å². The van der Waals surface area contributed by atoms with Gasteiger partial charge in [0, 0.05) is 19.2 Å². The molecule has 0 spiro atoms. The third-order valence-corrected chi connectivity index (χ3v) is 4.74. The van der Waals surface area contributed by atoms with Gasteiger partial charge in [0.15, 0.2) is 0 Å². The third kappa shape index (κ3) is 6.73. The Bertz CT molecular complexity index is 867. The van der Waals surface area contributed by atoms with Crippen molar-refractivity contribution in [2.75, 3.05) is 13.1 Å². The van der Waals surface area contributed by atoms with E-state index in [2.05, 4.69) is 5.32 Å². The molecule has 3 N–H and O–H groups in total. The van der Waals surface area contributed by atoms with Crippen LogP contribution in [0.1, 0.15) is 44.7 Å². The first kappa shape index (κ1) is 24.2. The molecule has 2 rings (SSSR count). The molecule has 0 unspecified atom stereocenters. The van der Waals surface area contributed by atoms with Gasteiger partial charge in [-0.3, -0.25) is 9.59 Å². The summed E-state index contributed by atoms with van der Waals surface area (Å²) < 4.78 is 43.7. The van der Waals surface area contributed by atoms with Crippen molar-refractivity contribution in [3.63, 3.8) is 0 Å². The van der Waals surface area contributed by atoms with Gasteiger partial charge in [0.2, 0.25) is 11.8 Å². The third-order valence-electron chi connectivity index (χ3n) is 4.74. The molecular weight excluding hydrogens is 415 g/mol. The molecule has 1 fully saturated rings. The summed E-state index contributed by atoms with van der Waals surface area (Å²) in [6, 6.07) is 4.49. The zero-order chi connectivity index (χ0) is 23.4. The minimum Gasteiger partial charge on any atom is -0.444 e. The van der Waals surface area contributed by atoms with E-state index in [1.807, 2.05) is 0 Å². The molecule has 0 bridgehead atoms. The van der Waals surface area contributed by atoms with Gasteiger partial charge < -0.3 is 20.7 Å². The first-order valence-corrected chi connectivity index (χ1v) is 9.67. The maximum absolute atomic E-state index is 12.8. The van der Waals surface area contributed by atoms with Crippen LogP contribution in [0.15, 0.2) is 30.3 Å². The van der Waals surface area contributed by atoms with Crippen molar-refractivity contribution < 1.29 is 32.3 Å². The lowest BCUT2D eigenvalue weighted by molar-refractivity contribution is -0.137. The number of alkyl halides is 3. The van der Waals surface area contributed by atoms with E-state index < -0.39 is 40.8 Å². The zero-order valence-electron chi connectivity index (χ0n) is 17.6. The topological polar surface area (TPSA) is 102 Å². The molecule has 3 amide bonds. The standard InChI is InChI=1S/C21H26F3N3O4/c1-19(2,3)31-18(30)27-11-9-20(10-12-27,17(25)29)26-16(28)8-7-14-5-4-6-15(13-14)21(22,23)24/h4-8,13H,9-12H2,1-3H3,(H2,25,29)(H,26,28). The van der Waals surface area contributed by atoms with E-state index in [4.69, 9.17) is 10.5 Å². The highest BCUT2D eigenvalue weighted by atomic mass is 19.4. The summed E-state index contributed by atoms with van der Waals surface area (Å²) in [6.45, 7) is 5.50. The Morgan fingerprint density at radius 2 is 1.77 bits per heavy atom. The maximum atomic E-state index is 12.8. The van der Waals surface area contributed by atoms with Gasteiger partial charge in [-0.05, 0) is 57.4 Å². The van der Waals surface area contributed by atoms with Crippen LogP contribution in [0.4, 0.5) is 18.0 Å². The smallest absolute Gasteiger partial charge is 0.416 e. The van der Waals surface area contributed by atoms with Crippen molar-refractivity contribution in [1.82, 2.24) is 10.2 Å². The summed E-state index contributed by atoms with van der Waals surface area (Å²) in [5, 5.41) is 2.55. The minimum absolute atomic E-state index is 0.0880. The predicted octanol–water partition coefficient (Wildman–Crippen LogP) is 3.09.